The first-order valence-electron chi connectivity index (χ1n) is 11.8. The zero-order chi connectivity index (χ0) is 22.0. The maximum absolute atomic E-state index is 12.3. The van der Waals surface area contributed by atoms with Crippen LogP contribution in [-0.2, 0) is 12.0 Å². The highest BCUT2D eigenvalue weighted by Gasteiger charge is 2.42. The molecule has 1 heteroatoms. The van der Waals surface area contributed by atoms with E-state index < -0.39 is 5.60 Å². The Morgan fingerprint density at radius 2 is 1.24 bits per heavy atom. The quantitative estimate of drug-likeness (QED) is 0.312. The van der Waals surface area contributed by atoms with Crippen molar-refractivity contribution in [3.05, 3.63) is 143 Å². The molecule has 2 aliphatic rings. The van der Waals surface area contributed by atoms with Crippen LogP contribution in [0.1, 0.15) is 45.7 Å². The highest BCUT2D eigenvalue weighted by Crippen LogP contribution is 2.53. The highest BCUT2D eigenvalue weighted by molar-refractivity contribution is 5.92. The molecule has 5 aromatic rings. The highest BCUT2D eigenvalue weighted by atomic mass is 16.3. The third kappa shape index (κ3) is 2.57. The lowest BCUT2D eigenvalue weighted by Crippen LogP contribution is -2.26. The number of benzene rings is 5. The lowest BCUT2D eigenvalue weighted by Gasteiger charge is -2.31. The molecule has 5 aromatic carbocycles. The van der Waals surface area contributed by atoms with Crippen molar-refractivity contribution in [2.24, 2.45) is 0 Å². The molecule has 0 bridgehead atoms. The van der Waals surface area contributed by atoms with Gasteiger partial charge in [-0.2, -0.15) is 0 Å². The Kier molecular flexibility index (Phi) is 3.95. The van der Waals surface area contributed by atoms with Crippen LogP contribution in [0.15, 0.2) is 109 Å². The minimum atomic E-state index is -0.984. The predicted octanol–water partition coefficient (Wildman–Crippen LogP) is 7.18. The van der Waals surface area contributed by atoms with E-state index in [0.29, 0.717) is 6.42 Å². The zero-order valence-corrected chi connectivity index (χ0v) is 18.3. The van der Waals surface area contributed by atoms with Gasteiger partial charge in [0.05, 0.1) is 0 Å². The van der Waals surface area contributed by atoms with Crippen molar-refractivity contribution in [1.82, 2.24) is 0 Å². The van der Waals surface area contributed by atoms with E-state index in [4.69, 9.17) is 0 Å². The monoisotopic (exact) mass is 424 g/mol. The molecule has 2 aliphatic carbocycles. The minimum absolute atomic E-state index is 0.0929. The van der Waals surface area contributed by atoms with E-state index in [-0.39, 0.29) is 5.92 Å². The first-order valence-corrected chi connectivity index (χ1v) is 11.8. The molecule has 0 saturated heterocycles. The summed E-state index contributed by atoms with van der Waals surface area (Å²) in [5.74, 6) is 0.0929. The van der Waals surface area contributed by atoms with E-state index in [1.54, 1.807) is 0 Å². The van der Waals surface area contributed by atoms with Gasteiger partial charge in [0.1, 0.15) is 5.60 Å². The van der Waals surface area contributed by atoms with Crippen molar-refractivity contribution < 1.29 is 5.11 Å². The summed E-state index contributed by atoms with van der Waals surface area (Å²) >= 11 is 0. The van der Waals surface area contributed by atoms with Crippen molar-refractivity contribution in [2.45, 2.75) is 24.4 Å². The molecule has 1 unspecified atom stereocenters. The molecule has 0 heterocycles. The van der Waals surface area contributed by atoms with Gasteiger partial charge in [0, 0.05) is 5.92 Å². The normalized spacial score (nSPS) is 18.8. The Hall–Kier alpha value is -3.68. The van der Waals surface area contributed by atoms with Gasteiger partial charge in [0.2, 0.25) is 0 Å². The lowest BCUT2D eigenvalue weighted by molar-refractivity contribution is 0.0821. The van der Waals surface area contributed by atoms with Crippen LogP contribution in [0, 0.1) is 0 Å². The molecule has 1 nitrogen and oxygen atoms in total. The van der Waals surface area contributed by atoms with Gasteiger partial charge in [-0.25, -0.2) is 0 Å². The average molecular weight is 425 g/mol. The predicted molar refractivity (Wildman–Crippen MR) is 135 cm³/mol. The van der Waals surface area contributed by atoms with Gasteiger partial charge in [-0.1, -0.05) is 109 Å². The van der Waals surface area contributed by atoms with Crippen LogP contribution < -0.4 is 0 Å². The van der Waals surface area contributed by atoms with Gasteiger partial charge in [-0.3, -0.25) is 0 Å². The number of hydrogen-bond donors (Lipinski definition) is 1. The molecule has 0 amide bonds. The summed E-state index contributed by atoms with van der Waals surface area (Å²) in [7, 11) is 0. The minimum Gasteiger partial charge on any atom is -0.380 e. The number of hydrogen-bond acceptors (Lipinski definition) is 1. The van der Waals surface area contributed by atoms with Crippen LogP contribution in [0.4, 0.5) is 0 Å². The summed E-state index contributed by atoms with van der Waals surface area (Å²) in [5.41, 5.74) is 8.87. The largest absolute Gasteiger partial charge is 0.380 e. The van der Waals surface area contributed by atoms with Gasteiger partial charge >= 0.3 is 0 Å². The number of aryl methyl sites for hydroxylation is 1. The van der Waals surface area contributed by atoms with Crippen LogP contribution >= 0.6 is 0 Å². The Morgan fingerprint density at radius 3 is 2.03 bits per heavy atom. The molecule has 0 saturated carbocycles. The molecular formula is C32H24O. The van der Waals surface area contributed by atoms with Crippen molar-refractivity contribution in [1.29, 1.82) is 0 Å². The lowest BCUT2D eigenvalue weighted by atomic mass is 9.76. The first kappa shape index (κ1) is 18.8. The van der Waals surface area contributed by atoms with Crippen LogP contribution in [0.3, 0.4) is 0 Å². The molecule has 0 fully saturated rings. The Labute approximate surface area is 194 Å². The summed E-state index contributed by atoms with van der Waals surface area (Å²) in [6.45, 7) is 0. The Balaban J connectivity index is 1.59. The third-order valence-electron chi connectivity index (χ3n) is 7.76. The molecule has 33 heavy (non-hydrogen) atoms. The van der Waals surface area contributed by atoms with Gasteiger partial charge < -0.3 is 5.11 Å². The summed E-state index contributed by atoms with van der Waals surface area (Å²) in [4.78, 5) is 0. The van der Waals surface area contributed by atoms with E-state index in [9.17, 15) is 5.11 Å². The number of rotatable bonds is 2. The van der Waals surface area contributed by atoms with Gasteiger partial charge in [-0.15, -0.1) is 0 Å². The SMILES string of the molecule is OC1(c2ccc3ccccc3c2C2c3ccccc3-c3ccccc32)CCc2ccccc21. The summed E-state index contributed by atoms with van der Waals surface area (Å²) in [5, 5.41) is 14.8. The summed E-state index contributed by atoms with van der Waals surface area (Å²) < 4.78 is 0. The number of aliphatic hydroxyl groups is 1. The topological polar surface area (TPSA) is 20.2 Å². The van der Waals surface area contributed by atoms with Crippen molar-refractivity contribution >= 4 is 10.8 Å². The van der Waals surface area contributed by atoms with Crippen molar-refractivity contribution in [3.63, 3.8) is 0 Å². The van der Waals surface area contributed by atoms with Gasteiger partial charge in [0.25, 0.3) is 0 Å². The Morgan fingerprint density at radius 1 is 0.606 bits per heavy atom. The molecule has 0 aliphatic heterocycles. The smallest absolute Gasteiger partial charge is 0.115 e. The molecule has 158 valence electrons. The van der Waals surface area contributed by atoms with E-state index >= 15 is 0 Å². The molecule has 0 radical (unpaired) electrons. The maximum atomic E-state index is 12.3. The second kappa shape index (κ2) is 6.91. The second-order valence-corrected chi connectivity index (χ2v) is 9.37. The fourth-order valence-corrected chi connectivity index (χ4v) is 6.31. The Bertz CT molecular complexity index is 1500. The van der Waals surface area contributed by atoms with E-state index in [0.717, 1.165) is 17.5 Å². The van der Waals surface area contributed by atoms with Crippen LogP contribution in [0.2, 0.25) is 0 Å². The van der Waals surface area contributed by atoms with Crippen molar-refractivity contribution in [3.8, 4) is 11.1 Å². The standard InChI is InChI=1S/C32H24O/c33-32(20-19-22-10-2-8-16-28(22)32)29-18-17-21-9-1-3-11-23(21)31(29)30-26-14-6-4-12-24(26)25-13-5-7-15-27(25)30/h1-18,30,33H,19-20H2. The van der Waals surface area contributed by atoms with Gasteiger partial charge in [-0.05, 0) is 68.1 Å². The summed E-state index contributed by atoms with van der Waals surface area (Å²) in [6.07, 6.45) is 1.62. The van der Waals surface area contributed by atoms with E-state index in [2.05, 4.69) is 109 Å². The third-order valence-corrected chi connectivity index (χ3v) is 7.76. The molecule has 7 rings (SSSR count). The van der Waals surface area contributed by atoms with E-state index in [1.165, 1.54) is 44.2 Å². The van der Waals surface area contributed by atoms with Crippen LogP contribution in [0.25, 0.3) is 21.9 Å². The van der Waals surface area contributed by atoms with Crippen molar-refractivity contribution in [2.75, 3.05) is 0 Å². The molecule has 1 N–H and O–H groups in total. The second-order valence-electron chi connectivity index (χ2n) is 9.37. The van der Waals surface area contributed by atoms with Crippen LogP contribution in [-0.4, -0.2) is 5.11 Å². The number of fused-ring (bicyclic) bond motifs is 5. The molecule has 0 aromatic heterocycles. The zero-order valence-electron chi connectivity index (χ0n) is 18.3. The van der Waals surface area contributed by atoms with Crippen LogP contribution in [0.5, 0.6) is 0 Å². The maximum Gasteiger partial charge on any atom is 0.115 e. The average Bonchev–Trinajstić information content (AvgIpc) is 3.39. The summed E-state index contributed by atoms with van der Waals surface area (Å²) in [6, 6.07) is 38.9. The fourth-order valence-electron chi connectivity index (χ4n) is 6.31. The fraction of sp³-hybridized carbons (Fsp3) is 0.125. The first-order chi connectivity index (χ1) is 16.3. The van der Waals surface area contributed by atoms with Gasteiger partial charge in [0.15, 0.2) is 0 Å². The molecule has 1 atom stereocenters. The molecule has 0 spiro atoms. The molecular weight excluding hydrogens is 400 g/mol. The van der Waals surface area contributed by atoms with E-state index in [1.807, 2.05) is 0 Å².